The SMILES string of the molecule is Cc1ccc(SCCC(=O)N(Cc2ccccc2F)[C@H](C)C(=O)NC2CCCCC2)cc1. The van der Waals surface area contributed by atoms with Crippen LogP contribution < -0.4 is 5.32 Å². The number of carbonyl (C=O) groups is 2. The van der Waals surface area contributed by atoms with Crippen molar-refractivity contribution in [1.82, 2.24) is 10.2 Å². The van der Waals surface area contributed by atoms with Crippen molar-refractivity contribution in [3.05, 3.63) is 65.5 Å². The van der Waals surface area contributed by atoms with Crippen LogP contribution in [0, 0.1) is 12.7 Å². The Kier molecular flexibility index (Phi) is 9.15. The van der Waals surface area contributed by atoms with Crippen LogP contribution in [-0.4, -0.2) is 34.6 Å². The second-order valence-electron chi connectivity index (χ2n) is 8.54. The van der Waals surface area contributed by atoms with Gasteiger partial charge in [-0.2, -0.15) is 0 Å². The minimum absolute atomic E-state index is 0.0833. The van der Waals surface area contributed by atoms with Gasteiger partial charge in [0.1, 0.15) is 11.9 Å². The summed E-state index contributed by atoms with van der Waals surface area (Å²) < 4.78 is 14.3. The second-order valence-corrected chi connectivity index (χ2v) is 9.71. The average molecular weight is 457 g/mol. The number of carbonyl (C=O) groups excluding carboxylic acids is 2. The van der Waals surface area contributed by atoms with E-state index in [2.05, 4.69) is 5.32 Å². The highest BCUT2D eigenvalue weighted by Crippen LogP contribution is 2.22. The Morgan fingerprint density at radius 2 is 1.78 bits per heavy atom. The van der Waals surface area contributed by atoms with Crippen LogP contribution >= 0.6 is 11.8 Å². The van der Waals surface area contributed by atoms with Crippen molar-refractivity contribution < 1.29 is 14.0 Å². The Balaban J connectivity index is 1.65. The molecule has 0 unspecified atom stereocenters. The van der Waals surface area contributed by atoms with Crippen LogP contribution in [0.2, 0.25) is 0 Å². The molecule has 2 aromatic rings. The Hall–Kier alpha value is -2.34. The van der Waals surface area contributed by atoms with Gasteiger partial charge in [-0.3, -0.25) is 9.59 Å². The largest absolute Gasteiger partial charge is 0.352 e. The molecule has 1 fully saturated rings. The normalized spacial score (nSPS) is 15.2. The van der Waals surface area contributed by atoms with Gasteiger partial charge < -0.3 is 10.2 Å². The Morgan fingerprint density at radius 3 is 2.47 bits per heavy atom. The van der Waals surface area contributed by atoms with E-state index in [1.54, 1.807) is 36.9 Å². The molecule has 0 saturated heterocycles. The summed E-state index contributed by atoms with van der Waals surface area (Å²) in [5.74, 6) is -0.0572. The van der Waals surface area contributed by atoms with E-state index in [4.69, 9.17) is 0 Å². The number of halogens is 1. The minimum atomic E-state index is -0.659. The van der Waals surface area contributed by atoms with Crippen molar-refractivity contribution in [3.63, 3.8) is 0 Å². The van der Waals surface area contributed by atoms with Gasteiger partial charge in [-0.1, -0.05) is 55.2 Å². The van der Waals surface area contributed by atoms with Gasteiger partial charge in [0, 0.05) is 35.2 Å². The molecular weight excluding hydrogens is 423 g/mol. The number of hydrogen-bond donors (Lipinski definition) is 1. The molecule has 1 aliphatic carbocycles. The molecule has 172 valence electrons. The Bertz CT molecular complexity index is 897. The lowest BCUT2D eigenvalue weighted by Gasteiger charge is -2.31. The monoisotopic (exact) mass is 456 g/mol. The summed E-state index contributed by atoms with van der Waals surface area (Å²) in [6, 6.07) is 14.1. The molecule has 0 aliphatic heterocycles. The molecule has 3 rings (SSSR count). The fourth-order valence-corrected chi connectivity index (χ4v) is 4.84. The van der Waals surface area contributed by atoms with E-state index in [9.17, 15) is 14.0 Å². The molecule has 0 heterocycles. The van der Waals surface area contributed by atoms with Crippen LogP contribution in [0.25, 0.3) is 0 Å². The molecule has 0 spiro atoms. The van der Waals surface area contributed by atoms with Crippen LogP contribution in [0.5, 0.6) is 0 Å². The minimum Gasteiger partial charge on any atom is -0.352 e. The van der Waals surface area contributed by atoms with E-state index in [0.29, 0.717) is 11.3 Å². The summed E-state index contributed by atoms with van der Waals surface area (Å²) in [7, 11) is 0. The lowest BCUT2D eigenvalue weighted by Crippen LogP contribution is -2.50. The maximum absolute atomic E-state index is 14.3. The molecule has 1 atom stereocenters. The number of amides is 2. The van der Waals surface area contributed by atoms with Gasteiger partial charge >= 0.3 is 0 Å². The van der Waals surface area contributed by atoms with E-state index in [1.807, 2.05) is 31.2 Å². The number of nitrogens with zero attached hydrogens (tertiary/aromatic N) is 1. The quantitative estimate of drug-likeness (QED) is 0.508. The van der Waals surface area contributed by atoms with Gasteiger partial charge in [-0.05, 0) is 44.9 Å². The predicted octanol–water partition coefficient (Wildman–Crippen LogP) is 5.48. The first-order valence-corrected chi connectivity index (χ1v) is 12.5. The third-order valence-corrected chi connectivity index (χ3v) is 7.04. The summed E-state index contributed by atoms with van der Waals surface area (Å²) in [6.45, 7) is 3.86. The Morgan fingerprint density at radius 1 is 1.09 bits per heavy atom. The standard InChI is InChI=1S/C26H33FN2O2S/c1-19-12-14-23(15-13-19)32-17-16-25(30)29(18-21-8-6-7-11-24(21)27)20(2)26(31)28-22-9-4-3-5-10-22/h6-8,11-15,20,22H,3-5,9-10,16-18H2,1-2H3,(H,28,31)/t20-/m1/s1. The highest BCUT2D eigenvalue weighted by atomic mass is 32.2. The molecule has 0 bridgehead atoms. The van der Waals surface area contributed by atoms with E-state index >= 15 is 0 Å². The molecule has 1 aliphatic rings. The van der Waals surface area contributed by atoms with Crippen LogP contribution in [0.3, 0.4) is 0 Å². The van der Waals surface area contributed by atoms with Crippen LogP contribution in [-0.2, 0) is 16.1 Å². The van der Waals surface area contributed by atoms with Crippen molar-refractivity contribution >= 4 is 23.6 Å². The van der Waals surface area contributed by atoms with Crippen molar-refractivity contribution in [2.24, 2.45) is 0 Å². The van der Waals surface area contributed by atoms with Gasteiger partial charge in [0.05, 0.1) is 0 Å². The summed E-state index contributed by atoms with van der Waals surface area (Å²) in [5, 5.41) is 3.11. The third kappa shape index (κ3) is 7.09. The molecule has 0 radical (unpaired) electrons. The summed E-state index contributed by atoms with van der Waals surface area (Å²) in [4.78, 5) is 28.7. The van der Waals surface area contributed by atoms with Crippen molar-refractivity contribution in [2.45, 2.75) is 75.9 Å². The molecule has 32 heavy (non-hydrogen) atoms. The molecule has 1 saturated carbocycles. The molecule has 1 N–H and O–H groups in total. The van der Waals surface area contributed by atoms with E-state index < -0.39 is 6.04 Å². The van der Waals surface area contributed by atoms with Gasteiger partial charge in [0.2, 0.25) is 11.8 Å². The first-order chi connectivity index (χ1) is 15.4. The number of nitrogens with one attached hydrogen (secondary N) is 1. The first-order valence-electron chi connectivity index (χ1n) is 11.5. The van der Waals surface area contributed by atoms with E-state index in [-0.39, 0.29) is 36.6 Å². The Labute approximate surface area is 195 Å². The van der Waals surface area contributed by atoms with Crippen molar-refractivity contribution in [2.75, 3.05) is 5.75 Å². The van der Waals surface area contributed by atoms with Crippen LogP contribution in [0.1, 0.15) is 56.6 Å². The molecule has 2 amide bonds. The van der Waals surface area contributed by atoms with Crippen LogP contribution in [0.4, 0.5) is 4.39 Å². The zero-order chi connectivity index (χ0) is 22.9. The number of hydrogen-bond acceptors (Lipinski definition) is 3. The zero-order valence-electron chi connectivity index (χ0n) is 19.0. The van der Waals surface area contributed by atoms with E-state index in [1.165, 1.54) is 23.0 Å². The molecule has 6 heteroatoms. The predicted molar refractivity (Wildman–Crippen MR) is 128 cm³/mol. The maximum Gasteiger partial charge on any atom is 0.242 e. The fraction of sp³-hybridized carbons (Fsp3) is 0.462. The lowest BCUT2D eigenvalue weighted by atomic mass is 9.95. The van der Waals surface area contributed by atoms with Crippen molar-refractivity contribution in [3.8, 4) is 0 Å². The van der Waals surface area contributed by atoms with Crippen molar-refractivity contribution in [1.29, 1.82) is 0 Å². The number of aryl methyl sites for hydroxylation is 1. The average Bonchev–Trinajstić information content (AvgIpc) is 2.80. The topological polar surface area (TPSA) is 49.4 Å². The van der Waals surface area contributed by atoms with E-state index in [0.717, 1.165) is 30.6 Å². The highest BCUT2D eigenvalue weighted by Gasteiger charge is 2.28. The molecule has 0 aromatic heterocycles. The zero-order valence-corrected chi connectivity index (χ0v) is 19.8. The second kappa shape index (κ2) is 12.0. The number of rotatable bonds is 9. The summed E-state index contributed by atoms with van der Waals surface area (Å²) >= 11 is 1.61. The third-order valence-electron chi connectivity index (χ3n) is 6.02. The molecular formula is C26H33FN2O2S. The smallest absolute Gasteiger partial charge is 0.242 e. The highest BCUT2D eigenvalue weighted by molar-refractivity contribution is 7.99. The number of benzene rings is 2. The van der Waals surface area contributed by atoms with Gasteiger partial charge in [-0.15, -0.1) is 11.8 Å². The number of thioether (sulfide) groups is 1. The first kappa shape index (κ1) is 24.3. The molecule has 2 aromatic carbocycles. The van der Waals surface area contributed by atoms with Gasteiger partial charge in [0.15, 0.2) is 0 Å². The lowest BCUT2D eigenvalue weighted by molar-refractivity contribution is -0.140. The summed E-state index contributed by atoms with van der Waals surface area (Å²) in [5.41, 5.74) is 1.61. The summed E-state index contributed by atoms with van der Waals surface area (Å²) in [6.07, 6.45) is 5.69. The molecule has 4 nitrogen and oxygen atoms in total. The fourth-order valence-electron chi connectivity index (χ4n) is 4.00. The van der Waals surface area contributed by atoms with Gasteiger partial charge in [0.25, 0.3) is 0 Å². The maximum atomic E-state index is 14.3. The van der Waals surface area contributed by atoms with Gasteiger partial charge in [-0.25, -0.2) is 4.39 Å². The van der Waals surface area contributed by atoms with Crippen LogP contribution in [0.15, 0.2) is 53.4 Å².